The molecule has 1 amide bonds. The number of fused-ring (bicyclic) bond motifs is 1. The fourth-order valence-corrected chi connectivity index (χ4v) is 3.49. The number of nitrogens with zero attached hydrogens (tertiary/aromatic N) is 4. The van der Waals surface area contributed by atoms with E-state index >= 15 is 0 Å². The van der Waals surface area contributed by atoms with Crippen LogP contribution in [0.2, 0.25) is 0 Å². The normalized spacial score (nSPS) is 16.2. The number of carbonyl (C=O) groups is 1. The minimum atomic E-state index is -0.470. The maximum Gasteiger partial charge on any atom is 0.410 e. The average Bonchev–Trinajstić information content (AvgIpc) is 2.96. The quantitative estimate of drug-likeness (QED) is 0.702. The van der Waals surface area contributed by atoms with Gasteiger partial charge in [0.05, 0.1) is 16.6 Å². The first-order valence-electron chi connectivity index (χ1n) is 9.32. The summed E-state index contributed by atoms with van der Waals surface area (Å²) in [5.41, 5.74) is 0.200. The Balaban J connectivity index is 1.69. The van der Waals surface area contributed by atoms with Gasteiger partial charge >= 0.3 is 6.09 Å². The maximum atomic E-state index is 12.2. The molecule has 8 heteroatoms. The van der Waals surface area contributed by atoms with Gasteiger partial charge in [-0.05, 0) is 69.5 Å². The van der Waals surface area contributed by atoms with E-state index in [-0.39, 0.29) is 18.2 Å². The van der Waals surface area contributed by atoms with Crippen LogP contribution in [0.4, 0.5) is 4.79 Å². The summed E-state index contributed by atoms with van der Waals surface area (Å²) in [5.74, 6) is 0.558. The van der Waals surface area contributed by atoms with Crippen LogP contribution in [0, 0.1) is 0 Å². The number of carbonyl (C=O) groups excluding carboxylic acids is 1. The summed E-state index contributed by atoms with van der Waals surface area (Å²) < 4.78 is 14.0. The Hall–Kier alpha value is -1.83. The number of pyridine rings is 1. The van der Waals surface area contributed by atoms with Gasteiger partial charge in [-0.2, -0.15) is 10.1 Å². The summed E-state index contributed by atoms with van der Waals surface area (Å²) in [6, 6.07) is 2.23. The fourth-order valence-electron chi connectivity index (χ4n) is 3.07. The molecule has 1 fully saturated rings. The summed E-state index contributed by atoms with van der Waals surface area (Å²) in [5, 5.41) is 5.61. The van der Waals surface area contributed by atoms with Crippen molar-refractivity contribution in [2.45, 2.75) is 65.2 Å². The molecule has 1 aliphatic heterocycles. The van der Waals surface area contributed by atoms with Crippen molar-refractivity contribution < 1.29 is 14.3 Å². The SMILES string of the molecule is CC(C)Oc1nc2nn(C3CCN(C(=O)OC(C)(C)C)CC3)cc2cc1Br. The van der Waals surface area contributed by atoms with Gasteiger partial charge in [-0.1, -0.05) is 0 Å². The Kier molecular flexibility index (Phi) is 5.65. The molecule has 0 unspecified atom stereocenters. The van der Waals surface area contributed by atoms with Crippen molar-refractivity contribution in [1.82, 2.24) is 19.7 Å². The maximum absolute atomic E-state index is 12.2. The van der Waals surface area contributed by atoms with Crippen molar-refractivity contribution in [3.8, 4) is 5.88 Å². The first-order chi connectivity index (χ1) is 12.6. The molecule has 3 rings (SSSR count). The van der Waals surface area contributed by atoms with E-state index in [4.69, 9.17) is 9.47 Å². The monoisotopic (exact) mass is 438 g/mol. The lowest BCUT2D eigenvalue weighted by atomic mass is 10.1. The van der Waals surface area contributed by atoms with E-state index in [0.29, 0.717) is 24.6 Å². The molecular weight excluding hydrogens is 412 g/mol. The third-order valence-corrected chi connectivity index (χ3v) is 4.84. The predicted octanol–water partition coefficient (Wildman–Crippen LogP) is 4.55. The van der Waals surface area contributed by atoms with E-state index in [2.05, 4.69) is 26.0 Å². The highest BCUT2D eigenvalue weighted by atomic mass is 79.9. The lowest BCUT2D eigenvalue weighted by Crippen LogP contribution is -2.42. The number of likely N-dealkylation sites (tertiary alicyclic amines) is 1. The predicted molar refractivity (Wildman–Crippen MR) is 107 cm³/mol. The molecular formula is C19H27BrN4O3. The van der Waals surface area contributed by atoms with Crippen molar-refractivity contribution in [3.05, 3.63) is 16.7 Å². The van der Waals surface area contributed by atoms with Crippen LogP contribution in [0.1, 0.15) is 53.5 Å². The zero-order valence-electron chi connectivity index (χ0n) is 16.5. The Bertz CT molecular complexity index is 820. The number of hydrogen-bond donors (Lipinski definition) is 0. The molecule has 0 N–H and O–H groups in total. The number of aromatic nitrogens is 3. The third kappa shape index (κ3) is 4.91. The largest absolute Gasteiger partial charge is 0.474 e. The highest BCUT2D eigenvalue weighted by molar-refractivity contribution is 9.10. The minimum absolute atomic E-state index is 0.0468. The van der Waals surface area contributed by atoms with Gasteiger partial charge in [0, 0.05) is 24.7 Å². The molecule has 7 nitrogen and oxygen atoms in total. The molecule has 0 bridgehead atoms. The summed E-state index contributed by atoms with van der Waals surface area (Å²) in [4.78, 5) is 18.5. The zero-order valence-corrected chi connectivity index (χ0v) is 18.1. The molecule has 0 spiro atoms. The fraction of sp³-hybridized carbons (Fsp3) is 0.632. The number of hydrogen-bond acceptors (Lipinski definition) is 5. The van der Waals surface area contributed by atoms with Crippen molar-refractivity contribution in [2.24, 2.45) is 0 Å². The van der Waals surface area contributed by atoms with Gasteiger partial charge in [0.1, 0.15) is 5.60 Å². The summed E-state index contributed by atoms with van der Waals surface area (Å²) in [7, 11) is 0. The molecule has 2 aromatic rings. The average molecular weight is 439 g/mol. The van der Waals surface area contributed by atoms with Gasteiger partial charge in [0.2, 0.25) is 5.88 Å². The van der Waals surface area contributed by atoms with Crippen molar-refractivity contribution >= 4 is 33.1 Å². The highest BCUT2D eigenvalue weighted by Crippen LogP contribution is 2.30. The molecule has 0 aliphatic carbocycles. The second-order valence-electron chi connectivity index (χ2n) is 8.16. The Morgan fingerprint density at radius 1 is 1.30 bits per heavy atom. The molecule has 1 aliphatic rings. The zero-order chi connectivity index (χ0) is 19.8. The van der Waals surface area contributed by atoms with Crippen molar-refractivity contribution in [3.63, 3.8) is 0 Å². The lowest BCUT2D eigenvalue weighted by molar-refractivity contribution is 0.0185. The highest BCUT2D eigenvalue weighted by Gasteiger charge is 2.28. The van der Waals surface area contributed by atoms with Crippen LogP contribution >= 0.6 is 15.9 Å². The van der Waals surface area contributed by atoms with Gasteiger partial charge < -0.3 is 14.4 Å². The van der Waals surface area contributed by atoms with Gasteiger partial charge in [-0.25, -0.2) is 4.79 Å². The first kappa shape index (κ1) is 19.9. The van der Waals surface area contributed by atoms with E-state index in [1.165, 1.54) is 0 Å². The molecule has 2 aromatic heterocycles. The van der Waals surface area contributed by atoms with Crippen LogP contribution in [0.3, 0.4) is 0 Å². The van der Waals surface area contributed by atoms with Crippen LogP contribution < -0.4 is 4.74 Å². The Labute approximate surface area is 168 Å². The lowest BCUT2D eigenvalue weighted by Gasteiger charge is -2.33. The summed E-state index contributed by atoms with van der Waals surface area (Å²) in [6.07, 6.45) is 3.49. The van der Waals surface area contributed by atoms with Crippen LogP contribution in [0.15, 0.2) is 16.7 Å². The van der Waals surface area contributed by atoms with Gasteiger partial charge in [-0.3, -0.25) is 4.68 Å². The van der Waals surface area contributed by atoms with Gasteiger partial charge in [0.15, 0.2) is 5.65 Å². The second kappa shape index (κ2) is 7.66. The van der Waals surface area contributed by atoms with Crippen LogP contribution in [0.5, 0.6) is 5.88 Å². The molecule has 148 valence electrons. The standard InChI is InChI=1S/C19H27BrN4O3/c1-12(2)26-17-15(20)10-13-11-24(22-16(13)21-17)14-6-8-23(9-7-14)18(25)27-19(3,4)5/h10-12,14H,6-9H2,1-5H3. The van der Waals surface area contributed by atoms with Crippen molar-refractivity contribution in [2.75, 3.05) is 13.1 Å². The minimum Gasteiger partial charge on any atom is -0.474 e. The molecule has 27 heavy (non-hydrogen) atoms. The summed E-state index contributed by atoms with van der Waals surface area (Å²) in [6.45, 7) is 10.9. The molecule has 0 aromatic carbocycles. The molecule has 0 radical (unpaired) electrons. The third-order valence-electron chi connectivity index (χ3n) is 4.27. The van der Waals surface area contributed by atoms with E-state index in [9.17, 15) is 4.79 Å². The van der Waals surface area contributed by atoms with Crippen molar-refractivity contribution in [1.29, 1.82) is 0 Å². The van der Waals surface area contributed by atoms with E-state index in [1.54, 1.807) is 4.90 Å². The first-order valence-corrected chi connectivity index (χ1v) is 10.1. The molecule has 1 saturated heterocycles. The number of rotatable bonds is 3. The topological polar surface area (TPSA) is 69.5 Å². The van der Waals surface area contributed by atoms with E-state index in [1.807, 2.05) is 51.6 Å². The number of amides is 1. The van der Waals surface area contributed by atoms with Gasteiger partial charge in [0.25, 0.3) is 0 Å². The van der Waals surface area contributed by atoms with E-state index in [0.717, 1.165) is 22.7 Å². The number of halogens is 1. The van der Waals surface area contributed by atoms with E-state index < -0.39 is 5.60 Å². The summed E-state index contributed by atoms with van der Waals surface area (Å²) >= 11 is 3.52. The smallest absolute Gasteiger partial charge is 0.410 e. The second-order valence-corrected chi connectivity index (χ2v) is 9.02. The molecule has 3 heterocycles. The Morgan fingerprint density at radius 3 is 2.56 bits per heavy atom. The van der Waals surface area contributed by atoms with Crippen LogP contribution in [-0.4, -0.2) is 50.6 Å². The van der Waals surface area contributed by atoms with Crippen LogP contribution in [0.25, 0.3) is 11.0 Å². The number of piperidine rings is 1. The van der Waals surface area contributed by atoms with Gasteiger partial charge in [-0.15, -0.1) is 0 Å². The number of ether oxygens (including phenoxy) is 2. The molecule has 0 saturated carbocycles. The van der Waals surface area contributed by atoms with Crippen LogP contribution in [-0.2, 0) is 4.74 Å². The Morgan fingerprint density at radius 2 is 1.96 bits per heavy atom. The molecule has 0 atom stereocenters.